The van der Waals surface area contributed by atoms with Gasteiger partial charge in [0.1, 0.15) is 11.9 Å². The number of carbonyl (C=O) groups excluding carboxylic acids is 2. The van der Waals surface area contributed by atoms with E-state index in [-0.39, 0.29) is 24.0 Å². The predicted octanol–water partition coefficient (Wildman–Crippen LogP) is 10.7. The third-order valence-electron chi connectivity index (χ3n) is 6.83. The molecular formula is C40H69N3O5S2. The summed E-state index contributed by atoms with van der Waals surface area (Å²) < 4.78 is 10.6. The molecule has 2 aromatic rings. The molecule has 3 rings (SSSR count). The fraction of sp³-hybridized carbons (Fsp3) is 0.600. The number of nitrogens with one attached hydrogen (secondary N) is 2. The molecule has 0 aromatic heterocycles. The monoisotopic (exact) mass is 735 g/mol. The van der Waals surface area contributed by atoms with Crippen molar-refractivity contribution in [2.24, 2.45) is 11.1 Å². The molecule has 2 amide bonds. The number of aliphatic hydroxyl groups is 1. The normalized spacial score (nSPS) is 13.4. The van der Waals surface area contributed by atoms with Crippen LogP contribution in [-0.4, -0.2) is 49.2 Å². The minimum Gasteiger partial charge on any atom is -0.495 e. The van der Waals surface area contributed by atoms with Gasteiger partial charge in [-0.05, 0) is 79.1 Å². The van der Waals surface area contributed by atoms with Crippen LogP contribution >= 0.6 is 21.6 Å². The molecule has 5 N–H and O–H groups in total. The van der Waals surface area contributed by atoms with Gasteiger partial charge in [-0.2, -0.15) is 0 Å². The maximum atomic E-state index is 11.8. The Kier molecular flexibility index (Phi) is 30.8. The summed E-state index contributed by atoms with van der Waals surface area (Å²) >= 11 is 0. The molecule has 10 heteroatoms. The zero-order valence-electron chi connectivity index (χ0n) is 32.9. The summed E-state index contributed by atoms with van der Waals surface area (Å²) in [6, 6.07) is 13.4. The molecule has 1 saturated carbocycles. The van der Waals surface area contributed by atoms with E-state index in [1.165, 1.54) is 12.0 Å². The Morgan fingerprint density at radius 2 is 1.68 bits per heavy atom. The van der Waals surface area contributed by atoms with E-state index < -0.39 is 6.09 Å². The second kappa shape index (κ2) is 31.1. The molecule has 286 valence electrons. The van der Waals surface area contributed by atoms with Crippen molar-refractivity contribution < 1.29 is 24.2 Å². The molecule has 0 spiro atoms. The minimum absolute atomic E-state index is 0.0441. The fourth-order valence-electron chi connectivity index (χ4n) is 4.04. The van der Waals surface area contributed by atoms with Gasteiger partial charge in [0.05, 0.1) is 19.4 Å². The number of methoxy groups -OCH3 is 1. The van der Waals surface area contributed by atoms with Crippen molar-refractivity contribution in [2.75, 3.05) is 31.3 Å². The van der Waals surface area contributed by atoms with Crippen LogP contribution in [0.1, 0.15) is 118 Å². The Labute approximate surface area is 312 Å². The van der Waals surface area contributed by atoms with Gasteiger partial charge in [0.15, 0.2) is 0 Å². The first-order valence-corrected chi connectivity index (χ1v) is 20.6. The first kappa shape index (κ1) is 49.5. The van der Waals surface area contributed by atoms with E-state index in [1.807, 2.05) is 77.1 Å². The van der Waals surface area contributed by atoms with E-state index >= 15 is 0 Å². The van der Waals surface area contributed by atoms with Gasteiger partial charge in [0, 0.05) is 30.0 Å². The molecule has 1 aliphatic rings. The molecule has 1 atom stereocenters. The largest absolute Gasteiger partial charge is 0.495 e. The molecule has 0 aliphatic heterocycles. The van der Waals surface area contributed by atoms with E-state index in [0.29, 0.717) is 30.9 Å². The summed E-state index contributed by atoms with van der Waals surface area (Å²) in [6.45, 7) is 22.2. The summed E-state index contributed by atoms with van der Waals surface area (Å²) in [5, 5.41) is 14.7. The number of carbonyl (C=O) groups is 2. The second-order valence-electron chi connectivity index (χ2n) is 12.0. The number of aliphatic hydroxyl groups excluding tert-OH is 1. The molecule has 2 aromatic carbocycles. The van der Waals surface area contributed by atoms with Gasteiger partial charge < -0.3 is 25.6 Å². The highest BCUT2D eigenvalue weighted by molar-refractivity contribution is 8.76. The van der Waals surface area contributed by atoms with Crippen LogP contribution in [-0.2, 0) is 16.1 Å². The Morgan fingerprint density at radius 1 is 1.04 bits per heavy atom. The SMILES string of the molecule is CC.CC.CC(C)(CCN)CCNC(=O)CCSSc1ccc(CO)cc1.CCC.CCC/C=C1/CC1OC(=O)Nc1cc(C)ccc1OC. The van der Waals surface area contributed by atoms with Crippen molar-refractivity contribution in [3.05, 3.63) is 65.2 Å². The van der Waals surface area contributed by atoms with Crippen LogP contribution in [0.25, 0.3) is 0 Å². The Morgan fingerprint density at radius 3 is 2.24 bits per heavy atom. The van der Waals surface area contributed by atoms with Gasteiger partial charge in [0.2, 0.25) is 5.91 Å². The lowest BCUT2D eigenvalue weighted by atomic mass is 9.86. The first-order valence-electron chi connectivity index (χ1n) is 18.3. The molecule has 8 nitrogen and oxygen atoms in total. The van der Waals surface area contributed by atoms with Gasteiger partial charge in [-0.1, -0.05) is 121 Å². The number of benzene rings is 2. The lowest BCUT2D eigenvalue weighted by molar-refractivity contribution is -0.120. The number of nitrogens with two attached hydrogens (primary N) is 1. The first-order chi connectivity index (χ1) is 24.0. The van der Waals surface area contributed by atoms with Crippen LogP contribution in [0.3, 0.4) is 0 Å². The number of rotatable bonds is 16. The van der Waals surface area contributed by atoms with E-state index in [1.54, 1.807) is 28.7 Å². The zero-order chi connectivity index (χ0) is 38.4. The van der Waals surface area contributed by atoms with E-state index in [2.05, 4.69) is 51.3 Å². The highest BCUT2D eigenvalue weighted by atomic mass is 33.1. The topological polar surface area (TPSA) is 123 Å². The molecule has 0 bridgehead atoms. The minimum atomic E-state index is -0.432. The van der Waals surface area contributed by atoms with Crippen molar-refractivity contribution in [1.82, 2.24) is 5.32 Å². The van der Waals surface area contributed by atoms with Crippen molar-refractivity contribution in [3.8, 4) is 5.75 Å². The van der Waals surface area contributed by atoms with Gasteiger partial charge >= 0.3 is 6.09 Å². The van der Waals surface area contributed by atoms with Gasteiger partial charge in [0.25, 0.3) is 0 Å². The summed E-state index contributed by atoms with van der Waals surface area (Å²) in [5.74, 6) is 1.52. The highest BCUT2D eigenvalue weighted by Gasteiger charge is 2.33. The van der Waals surface area contributed by atoms with Crippen LogP contribution in [0.5, 0.6) is 5.75 Å². The van der Waals surface area contributed by atoms with Crippen molar-refractivity contribution in [3.63, 3.8) is 0 Å². The molecule has 0 heterocycles. The number of allylic oxidation sites excluding steroid dienone is 1. The smallest absolute Gasteiger partial charge is 0.412 e. The van der Waals surface area contributed by atoms with E-state index in [0.717, 1.165) is 53.9 Å². The maximum Gasteiger partial charge on any atom is 0.412 e. The third kappa shape index (κ3) is 24.5. The summed E-state index contributed by atoms with van der Waals surface area (Å²) in [4.78, 5) is 24.8. The average molecular weight is 736 g/mol. The summed E-state index contributed by atoms with van der Waals surface area (Å²) in [5.41, 5.74) is 9.60. The predicted molar refractivity (Wildman–Crippen MR) is 218 cm³/mol. The van der Waals surface area contributed by atoms with E-state index in [9.17, 15) is 9.59 Å². The maximum absolute atomic E-state index is 11.8. The van der Waals surface area contributed by atoms with Gasteiger partial charge in [-0.3, -0.25) is 10.1 Å². The van der Waals surface area contributed by atoms with Gasteiger partial charge in [-0.25, -0.2) is 4.79 Å². The Bertz CT molecular complexity index is 1190. The van der Waals surface area contributed by atoms with Crippen LogP contribution in [0.4, 0.5) is 10.5 Å². The summed E-state index contributed by atoms with van der Waals surface area (Å²) in [6.07, 6.45) is 8.41. The Hall–Kier alpha value is -2.66. The number of unbranched alkanes of at least 4 members (excludes halogenated alkanes) is 1. The number of hydrogen-bond acceptors (Lipinski definition) is 8. The highest BCUT2D eigenvalue weighted by Crippen LogP contribution is 2.34. The molecular weight excluding hydrogens is 667 g/mol. The van der Waals surface area contributed by atoms with Gasteiger partial charge in [-0.15, -0.1) is 0 Å². The summed E-state index contributed by atoms with van der Waals surface area (Å²) in [7, 11) is 4.91. The molecule has 1 unspecified atom stereocenters. The number of anilines is 1. The van der Waals surface area contributed by atoms with E-state index in [4.69, 9.17) is 20.3 Å². The fourth-order valence-corrected chi connectivity index (χ4v) is 6.02. The molecule has 1 aliphatic carbocycles. The van der Waals surface area contributed by atoms with Crippen molar-refractivity contribution in [1.29, 1.82) is 0 Å². The third-order valence-corrected chi connectivity index (χ3v) is 9.21. The lowest BCUT2D eigenvalue weighted by Gasteiger charge is -2.23. The number of hydrogen-bond donors (Lipinski definition) is 4. The van der Waals surface area contributed by atoms with Crippen LogP contribution < -0.4 is 21.1 Å². The second-order valence-corrected chi connectivity index (χ2v) is 14.5. The number of amides is 2. The average Bonchev–Trinajstić information content (AvgIpc) is 3.85. The molecule has 50 heavy (non-hydrogen) atoms. The van der Waals surface area contributed by atoms with Crippen molar-refractivity contribution in [2.45, 2.75) is 132 Å². The Balaban J connectivity index is 0. The molecule has 0 saturated heterocycles. The van der Waals surface area contributed by atoms with Crippen LogP contribution in [0, 0.1) is 12.3 Å². The van der Waals surface area contributed by atoms with Crippen molar-refractivity contribution >= 4 is 39.3 Å². The van der Waals surface area contributed by atoms with Crippen LogP contribution in [0.2, 0.25) is 0 Å². The standard InChI is InChI=1S/C17H28N2O2S2.C16H21NO3.C3H8.2C2H6/c1-17(2,8-10-18)9-11-19-16(21)7-12-22-23-15-5-3-14(13-20)4-6-15;1-4-5-6-12-10-15(12)20-16(18)17-13-9-11(2)7-8-14(13)19-3;1-3-2;2*1-2/h3-6,20H,7-13,18H2,1-2H3,(H,19,21);6-9,15H,4-5,10H2,1-3H3,(H,17,18);3H2,1-2H3;2*1-2H3/b;12-6-;;;. The molecule has 0 radical (unpaired) electrons. The quantitative estimate of drug-likeness (QED) is 0.0763. The lowest BCUT2D eigenvalue weighted by Crippen LogP contribution is -2.29. The number of ether oxygens (including phenoxy) is 2. The zero-order valence-corrected chi connectivity index (χ0v) is 34.6. The molecule has 1 fully saturated rings. The number of aryl methyl sites for hydroxylation is 1. The van der Waals surface area contributed by atoms with Crippen LogP contribution in [0.15, 0.2) is 59.0 Å².